The Morgan fingerprint density at radius 2 is 2.17 bits per heavy atom. The summed E-state index contributed by atoms with van der Waals surface area (Å²) in [7, 11) is 3.47. The second-order valence-electron chi connectivity index (χ2n) is 3.79. The van der Waals surface area contributed by atoms with Gasteiger partial charge in [0.25, 0.3) is 0 Å². The number of hydrogen-bond acceptors (Lipinski definition) is 5. The molecular weight excluding hydrogens is 230 g/mol. The summed E-state index contributed by atoms with van der Waals surface area (Å²) in [6, 6.07) is 5.67. The fraction of sp³-hybridized carbons (Fsp3) is 0.417. The van der Waals surface area contributed by atoms with E-state index in [1.54, 1.807) is 19.4 Å². The molecule has 0 aromatic carbocycles. The molecule has 2 aromatic rings. The average Bonchev–Trinajstić information content (AvgIpc) is 2.89. The quantitative estimate of drug-likeness (QED) is 0.854. The normalized spacial score (nSPS) is 12.4. The summed E-state index contributed by atoms with van der Waals surface area (Å²) in [5.41, 5.74) is 1.91. The van der Waals surface area contributed by atoms with E-state index in [2.05, 4.69) is 27.5 Å². The summed E-state index contributed by atoms with van der Waals surface area (Å²) in [6.07, 6.45) is 1.79. The molecule has 96 valence electrons. The number of nitrogens with zero attached hydrogens (tertiary/aromatic N) is 4. The van der Waals surface area contributed by atoms with Gasteiger partial charge in [0, 0.05) is 18.8 Å². The molecule has 0 aliphatic carbocycles. The van der Waals surface area contributed by atoms with Crippen molar-refractivity contribution in [3.63, 3.8) is 0 Å². The number of aromatic nitrogens is 4. The smallest absolute Gasteiger partial charge is 0.233 e. The molecule has 2 rings (SSSR count). The van der Waals surface area contributed by atoms with E-state index in [4.69, 9.17) is 4.74 Å². The minimum absolute atomic E-state index is 0.0224. The molecule has 6 heteroatoms. The third-order valence-electron chi connectivity index (χ3n) is 2.80. The zero-order chi connectivity index (χ0) is 13.0. The van der Waals surface area contributed by atoms with Gasteiger partial charge in [0.2, 0.25) is 5.88 Å². The molecule has 0 fully saturated rings. The molecule has 1 unspecified atom stereocenters. The number of methoxy groups -OCH3 is 1. The first-order chi connectivity index (χ1) is 8.80. The topological polar surface area (TPSA) is 64.9 Å². The molecule has 0 saturated carbocycles. The number of aryl methyl sites for hydroxylation is 1. The van der Waals surface area contributed by atoms with Crippen molar-refractivity contribution in [2.45, 2.75) is 19.5 Å². The maximum Gasteiger partial charge on any atom is 0.233 e. The summed E-state index contributed by atoms with van der Waals surface area (Å²) >= 11 is 0. The third kappa shape index (κ3) is 2.33. The van der Waals surface area contributed by atoms with Crippen molar-refractivity contribution in [1.29, 1.82) is 0 Å². The lowest BCUT2D eigenvalue weighted by Crippen LogP contribution is -2.22. The van der Waals surface area contributed by atoms with Gasteiger partial charge >= 0.3 is 0 Å². The fourth-order valence-electron chi connectivity index (χ4n) is 1.89. The van der Waals surface area contributed by atoms with Gasteiger partial charge in [0.05, 0.1) is 24.5 Å². The van der Waals surface area contributed by atoms with Crippen molar-refractivity contribution in [1.82, 2.24) is 25.3 Å². The summed E-state index contributed by atoms with van der Waals surface area (Å²) in [5, 5.41) is 15.7. The van der Waals surface area contributed by atoms with Crippen molar-refractivity contribution in [2.75, 3.05) is 14.2 Å². The van der Waals surface area contributed by atoms with Crippen LogP contribution in [-0.2, 0) is 6.54 Å². The van der Waals surface area contributed by atoms with Crippen molar-refractivity contribution >= 4 is 0 Å². The van der Waals surface area contributed by atoms with Crippen LogP contribution in [0.3, 0.4) is 0 Å². The molecule has 1 N–H and O–H groups in total. The Balaban J connectivity index is 2.32. The first-order valence-corrected chi connectivity index (χ1v) is 5.86. The Morgan fingerprint density at radius 1 is 1.33 bits per heavy atom. The van der Waals surface area contributed by atoms with Gasteiger partial charge in [-0.1, -0.05) is 0 Å². The largest absolute Gasteiger partial charge is 0.480 e. The van der Waals surface area contributed by atoms with Crippen LogP contribution in [-0.4, -0.2) is 34.1 Å². The van der Waals surface area contributed by atoms with Gasteiger partial charge in [-0.05, 0) is 26.1 Å². The van der Waals surface area contributed by atoms with Crippen molar-refractivity contribution < 1.29 is 4.74 Å². The Morgan fingerprint density at radius 3 is 2.72 bits per heavy atom. The van der Waals surface area contributed by atoms with Crippen LogP contribution in [0.4, 0.5) is 0 Å². The molecule has 0 spiro atoms. The lowest BCUT2D eigenvalue weighted by atomic mass is 10.1. The van der Waals surface area contributed by atoms with Gasteiger partial charge in [0.1, 0.15) is 0 Å². The molecule has 6 nitrogen and oxygen atoms in total. The SMILES string of the molecule is CCn1nccc1C(NC)c1ccc(OC)nn1. The van der Waals surface area contributed by atoms with Crippen molar-refractivity contribution in [2.24, 2.45) is 0 Å². The van der Waals surface area contributed by atoms with Gasteiger partial charge in [-0.3, -0.25) is 4.68 Å². The molecule has 0 aliphatic heterocycles. The molecule has 0 amide bonds. The number of rotatable bonds is 5. The Bertz CT molecular complexity index is 493. The molecule has 0 bridgehead atoms. The number of ether oxygens (including phenoxy) is 1. The predicted octanol–water partition coefficient (Wildman–Crippen LogP) is 1.01. The third-order valence-corrected chi connectivity index (χ3v) is 2.80. The van der Waals surface area contributed by atoms with Gasteiger partial charge in [-0.2, -0.15) is 5.10 Å². The Labute approximate surface area is 106 Å². The highest BCUT2D eigenvalue weighted by atomic mass is 16.5. The fourth-order valence-corrected chi connectivity index (χ4v) is 1.89. The van der Waals surface area contributed by atoms with E-state index in [0.717, 1.165) is 17.9 Å². The highest BCUT2D eigenvalue weighted by Gasteiger charge is 2.17. The van der Waals surface area contributed by atoms with Crippen LogP contribution in [0.25, 0.3) is 0 Å². The van der Waals surface area contributed by atoms with E-state index in [9.17, 15) is 0 Å². The zero-order valence-corrected chi connectivity index (χ0v) is 10.8. The maximum atomic E-state index is 5.01. The van der Waals surface area contributed by atoms with Crippen LogP contribution >= 0.6 is 0 Å². The van der Waals surface area contributed by atoms with E-state index < -0.39 is 0 Å². The molecule has 2 heterocycles. The highest BCUT2D eigenvalue weighted by Crippen LogP contribution is 2.20. The van der Waals surface area contributed by atoms with Gasteiger partial charge < -0.3 is 10.1 Å². The second kappa shape index (κ2) is 5.59. The molecule has 1 atom stereocenters. The van der Waals surface area contributed by atoms with Gasteiger partial charge in [-0.25, -0.2) is 0 Å². The molecule has 0 radical (unpaired) electrons. The number of nitrogens with one attached hydrogen (secondary N) is 1. The zero-order valence-electron chi connectivity index (χ0n) is 10.8. The van der Waals surface area contributed by atoms with Crippen LogP contribution < -0.4 is 10.1 Å². The maximum absolute atomic E-state index is 5.01. The summed E-state index contributed by atoms with van der Waals surface area (Å²) in [5.74, 6) is 0.512. The van der Waals surface area contributed by atoms with Crippen LogP contribution in [0.15, 0.2) is 24.4 Å². The van der Waals surface area contributed by atoms with E-state index in [0.29, 0.717) is 5.88 Å². The van der Waals surface area contributed by atoms with Crippen LogP contribution in [0, 0.1) is 0 Å². The van der Waals surface area contributed by atoms with E-state index in [-0.39, 0.29) is 6.04 Å². The average molecular weight is 247 g/mol. The molecule has 0 saturated heterocycles. The highest BCUT2D eigenvalue weighted by molar-refractivity contribution is 5.22. The van der Waals surface area contributed by atoms with E-state index >= 15 is 0 Å². The van der Waals surface area contributed by atoms with E-state index in [1.165, 1.54) is 0 Å². The monoisotopic (exact) mass is 247 g/mol. The lowest BCUT2D eigenvalue weighted by Gasteiger charge is -2.16. The van der Waals surface area contributed by atoms with Gasteiger partial charge in [-0.15, -0.1) is 10.2 Å². The van der Waals surface area contributed by atoms with Crippen molar-refractivity contribution in [3.8, 4) is 5.88 Å². The number of hydrogen-bond donors (Lipinski definition) is 1. The van der Waals surface area contributed by atoms with Crippen LogP contribution in [0.1, 0.15) is 24.4 Å². The Kier molecular flexibility index (Phi) is 3.88. The summed E-state index contributed by atoms with van der Waals surface area (Å²) < 4.78 is 6.94. The predicted molar refractivity (Wildman–Crippen MR) is 67.4 cm³/mol. The van der Waals surface area contributed by atoms with E-state index in [1.807, 2.05) is 23.9 Å². The van der Waals surface area contributed by atoms with Crippen LogP contribution in [0.2, 0.25) is 0 Å². The summed E-state index contributed by atoms with van der Waals surface area (Å²) in [4.78, 5) is 0. The minimum Gasteiger partial charge on any atom is -0.480 e. The molecular formula is C12H17N5O. The lowest BCUT2D eigenvalue weighted by molar-refractivity contribution is 0.390. The Hall–Kier alpha value is -1.95. The molecule has 2 aromatic heterocycles. The van der Waals surface area contributed by atoms with Gasteiger partial charge in [0.15, 0.2) is 0 Å². The standard InChI is InChI=1S/C12H17N5O/c1-4-17-10(7-8-14-17)12(13-2)9-5-6-11(18-3)16-15-9/h5-8,12-13H,4H2,1-3H3. The second-order valence-corrected chi connectivity index (χ2v) is 3.79. The molecule has 0 aliphatic rings. The summed E-state index contributed by atoms with van der Waals surface area (Å²) in [6.45, 7) is 2.88. The van der Waals surface area contributed by atoms with Crippen molar-refractivity contribution in [3.05, 3.63) is 35.8 Å². The van der Waals surface area contributed by atoms with Crippen LogP contribution in [0.5, 0.6) is 5.88 Å². The minimum atomic E-state index is -0.0224. The first-order valence-electron chi connectivity index (χ1n) is 5.86. The first kappa shape index (κ1) is 12.5. The molecule has 18 heavy (non-hydrogen) atoms.